The number of hydrogen-bond acceptors (Lipinski definition) is 8. The Balaban J connectivity index is 1.24. The summed E-state index contributed by atoms with van der Waals surface area (Å²) >= 11 is 3.48. The second-order valence-electron chi connectivity index (χ2n) is 8.17. The topological polar surface area (TPSA) is 112 Å². The van der Waals surface area contributed by atoms with Crippen LogP contribution < -0.4 is 4.74 Å². The van der Waals surface area contributed by atoms with Crippen LogP contribution in [0.2, 0.25) is 0 Å². The number of rotatable bonds is 3. The van der Waals surface area contributed by atoms with E-state index < -0.39 is 6.10 Å². The summed E-state index contributed by atoms with van der Waals surface area (Å²) in [5, 5.41) is 37.9. The molecule has 9 heteroatoms. The fraction of sp³-hybridized carbons (Fsp3) is 0.364. The first kappa shape index (κ1) is 20.3. The van der Waals surface area contributed by atoms with Crippen molar-refractivity contribution in [2.45, 2.75) is 37.5 Å². The van der Waals surface area contributed by atoms with E-state index in [0.29, 0.717) is 30.3 Å². The molecule has 2 aliphatic rings. The predicted octanol–water partition coefficient (Wildman–Crippen LogP) is 3.76. The number of piperidine rings is 1. The highest BCUT2D eigenvalue weighted by molar-refractivity contribution is 9.10. The summed E-state index contributed by atoms with van der Waals surface area (Å²) in [5.74, 6) is 1.09. The molecule has 3 N–H and O–H groups in total. The van der Waals surface area contributed by atoms with E-state index in [2.05, 4.69) is 31.0 Å². The Morgan fingerprint density at radius 3 is 2.65 bits per heavy atom. The van der Waals surface area contributed by atoms with Crippen molar-refractivity contribution >= 4 is 15.9 Å². The summed E-state index contributed by atoms with van der Waals surface area (Å²) < 4.78 is 13.1. The van der Waals surface area contributed by atoms with E-state index in [0.717, 1.165) is 41.7 Å². The third kappa shape index (κ3) is 4.00. The highest BCUT2D eigenvalue weighted by Gasteiger charge is 2.43. The second kappa shape index (κ2) is 7.81. The number of ether oxygens (including phenoxy) is 1. The second-order valence-corrected chi connectivity index (χ2v) is 9.08. The maximum atomic E-state index is 10.6. The Hall–Kier alpha value is -2.62. The van der Waals surface area contributed by atoms with E-state index in [-0.39, 0.29) is 17.1 Å². The lowest BCUT2D eigenvalue weighted by Crippen LogP contribution is -2.50. The van der Waals surface area contributed by atoms with E-state index in [1.165, 1.54) is 12.1 Å². The van der Waals surface area contributed by atoms with Gasteiger partial charge in [0.1, 0.15) is 11.4 Å². The smallest absolute Gasteiger partial charge is 0.247 e. The molecule has 2 aromatic carbocycles. The van der Waals surface area contributed by atoms with Gasteiger partial charge in [-0.3, -0.25) is 4.90 Å². The van der Waals surface area contributed by atoms with E-state index >= 15 is 0 Å². The third-order valence-electron chi connectivity index (χ3n) is 6.04. The molecule has 0 radical (unpaired) electrons. The van der Waals surface area contributed by atoms with Gasteiger partial charge in [-0.05, 0) is 43.2 Å². The van der Waals surface area contributed by atoms with Crippen LogP contribution in [0.15, 0.2) is 45.3 Å². The molecule has 8 nitrogen and oxygen atoms in total. The zero-order chi connectivity index (χ0) is 21.6. The average molecular weight is 488 g/mol. The van der Waals surface area contributed by atoms with Crippen LogP contribution in [0.1, 0.15) is 36.8 Å². The van der Waals surface area contributed by atoms with Crippen LogP contribution in [0.4, 0.5) is 0 Å². The number of aromatic nitrogens is 2. The van der Waals surface area contributed by atoms with Gasteiger partial charge in [-0.1, -0.05) is 22.0 Å². The van der Waals surface area contributed by atoms with Gasteiger partial charge in [0.25, 0.3) is 0 Å². The Kier molecular flexibility index (Phi) is 5.11. The van der Waals surface area contributed by atoms with Crippen LogP contribution in [0.5, 0.6) is 17.2 Å². The van der Waals surface area contributed by atoms with E-state index in [1.54, 1.807) is 6.07 Å². The van der Waals surface area contributed by atoms with Crippen molar-refractivity contribution in [1.82, 2.24) is 15.1 Å². The number of fused-ring (bicyclic) bond motifs is 1. The molecule has 0 bridgehead atoms. The third-order valence-corrected chi connectivity index (χ3v) is 6.54. The van der Waals surface area contributed by atoms with Gasteiger partial charge in [0, 0.05) is 35.1 Å². The van der Waals surface area contributed by atoms with Crippen LogP contribution in [0.25, 0.3) is 11.5 Å². The largest absolute Gasteiger partial charge is 0.504 e. The van der Waals surface area contributed by atoms with E-state index in [9.17, 15) is 15.3 Å². The molecule has 162 valence electrons. The minimum absolute atomic E-state index is 0.198. The number of aromatic hydroxyl groups is 2. The highest BCUT2D eigenvalue weighted by Crippen LogP contribution is 2.45. The van der Waals surface area contributed by atoms with Crippen molar-refractivity contribution in [2.75, 3.05) is 13.1 Å². The van der Waals surface area contributed by atoms with Crippen molar-refractivity contribution < 1.29 is 24.5 Å². The minimum Gasteiger partial charge on any atom is -0.504 e. The van der Waals surface area contributed by atoms with Gasteiger partial charge in [0.2, 0.25) is 11.8 Å². The first-order valence-electron chi connectivity index (χ1n) is 10.1. The molecule has 1 fully saturated rings. The molecule has 1 saturated heterocycles. The van der Waals surface area contributed by atoms with Gasteiger partial charge in [-0.25, -0.2) is 0 Å². The van der Waals surface area contributed by atoms with Gasteiger partial charge in [-0.15, -0.1) is 10.2 Å². The molecular weight excluding hydrogens is 466 g/mol. The first-order chi connectivity index (χ1) is 14.9. The summed E-state index contributed by atoms with van der Waals surface area (Å²) in [7, 11) is 0. The maximum absolute atomic E-state index is 10.6. The molecule has 1 unspecified atom stereocenters. The fourth-order valence-corrected chi connectivity index (χ4v) is 4.66. The summed E-state index contributed by atoms with van der Waals surface area (Å²) in [6.07, 6.45) is 1.65. The SMILES string of the molecule is Oc1ccc(-c2nnc(CN3CCC4(CC3)CC(O)c3ccc(Br)cc3O4)o2)cc1O. The number of benzene rings is 2. The zero-order valence-corrected chi connectivity index (χ0v) is 18.2. The van der Waals surface area contributed by atoms with Gasteiger partial charge in [0.15, 0.2) is 11.5 Å². The number of hydrogen-bond donors (Lipinski definition) is 3. The Morgan fingerprint density at radius 1 is 1.06 bits per heavy atom. The van der Waals surface area contributed by atoms with Crippen LogP contribution in [-0.4, -0.2) is 49.1 Å². The quantitative estimate of drug-likeness (QED) is 0.478. The number of phenolic OH excluding ortho intramolecular Hbond substituents is 2. The van der Waals surface area contributed by atoms with Gasteiger partial charge in [-0.2, -0.15) is 0 Å². The summed E-state index contributed by atoms with van der Waals surface area (Å²) in [5.41, 5.74) is 1.02. The summed E-state index contributed by atoms with van der Waals surface area (Å²) in [4.78, 5) is 2.23. The minimum atomic E-state index is -0.524. The lowest BCUT2D eigenvalue weighted by molar-refractivity contribution is -0.0560. The summed E-state index contributed by atoms with van der Waals surface area (Å²) in [6, 6.07) is 10.1. The van der Waals surface area contributed by atoms with Crippen molar-refractivity contribution in [3.63, 3.8) is 0 Å². The first-order valence-corrected chi connectivity index (χ1v) is 10.9. The lowest BCUT2D eigenvalue weighted by Gasteiger charge is -2.45. The van der Waals surface area contributed by atoms with Gasteiger partial charge < -0.3 is 24.5 Å². The number of likely N-dealkylation sites (tertiary alicyclic amines) is 1. The van der Waals surface area contributed by atoms with Gasteiger partial charge in [0.05, 0.1) is 12.6 Å². The zero-order valence-electron chi connectivity index (χ0n) is 16.7. The summed E-state index contributed by atoms with van der Waals surface area (Å²) in [6.45, 7) is 2.08. The van der Waals surface area contributed by atoms with Crippen LogP contribution >= 0.6 is 15.9 Å². The molecule has 0 aliphatic carbocycles. The van der Waals surface area contributed by atoms with Crippen LogP contribution in [0.3, 0.4) is 0 Å². The molecule has 1 spiro atoms. The predicted molar refractivity (Wildman–Crippen MR) is 115 cm³/mol. The molecular formula is C22H22BrN3O5. The molecule has 31 heavy (non-hydrogen) atoms. The number of nitrogens with zero attached hydrogens (tertiary/aromatic N) is 3. The normalized spacial score (nSPS) is 20.4. The van der Waals surface area contributed by atoms with Crippen molar-refractivity contribution in [3.05, 3.63) is 52.3 Å². The Morgan fingerprint density at radius 2 is 1.87 bits per heavy atom. The molecule has 3 aromatic rings. The lowest BCUT2D eigenvalue weighted by atomic mass is 9.81. The molecule has 0 saturated carbocycles. The number of aliphatic hydroxyl groups excluding tert-OH is 1. The molecule has 1 atom stereocenters. The van der Waals surface area contributed by atoms with E-state index in [1.807, 2.05) is 18.2 Å². The van der Waals surface area contributed by atoms with E-state index in [4.69, 9.17) is 9.15 Å². The molecule has 1 aromatic heterocycles. The Bertz CT molecular complexity index is 1110. The Labute approximate surface area is 187 Å². The van der Waals surface area contributed by atoms with Crippen molar-refractivity contribution in [3.8, 4) is 28.7 Å². The molecule has 5 rings (SSSR count). The molecule has 2 aliphatic heterocycles. The monoisotopic (exact) mass is 487 g/mol. The van der Waals surface area contributed by atoms with Gasteiger partial charge >= 0.3 is 0 Å². The fourth-order valence-electron chi connectivity index (χ4n) is 4.32. The standard InChI is InChI=1S/C22H22BrN3O5/c23-14-2-3-15-18(29)11-22(31-19(15)10-14)5-7-26(8-6-22)12-20-24-25-21(30-20)13-1-4-16(27)17(28)9-13/h1-4,9-10,18,27-29H,5-8,11-12H2. The molecule has 3 heterocycles. The number of phenols is 2. The van der Waals surface area contributed by atoms with Crippen molar-refractivity contribution in [1.29, 1.82) is 0 Å². The van der Waals surface area contributed by atoms with Crippen LogP contribution in [-0.2, 0) is 6.54 Å². The molecule has 0 amide bonds. The average Bonchev–Trinajstić information content (AvgIpc) is 3.20. The van der Waals surface area contributed by atoms with Crippen LogP contribution in [0, 0.1) is 0 Å². The highest BCUT2D eigenvalue weighted by atomic mass is 79.9. The number of aliphatic hydroxyl groups is 1. The number of halogens is 1. The maximum Gasteiger partial charge on any atom is 0.247 e. The van der Waals surface area contributed by atoms with Crippen molar-refractivity contribution in [2.24, 2.45) is 0 Å².